The summed E-state index contributed by atoms with van der Waals surface area (Å²) >= 11 is 0. The second-order valence-electron chi connectivity index (χ2n) is 12.3. The lowest BCUT2D eigenvalue weighted by molar-refractivity contribution is 0.0710. The van der Waals surface area contributed by atoms with E-state index < -0.39 is 0 Å². The lowest BCUT2D eigenvalue weighted by atomic mass is 9.99. The average Bonchev–Trinajstić information content (AvgIpc) is 3.76. The van der Waals surface area contributed by atoms with Gasteiger partial charge >= 0.3 is 0 Å². The Kier molecular flexibility index (Phi) is 7.72. The molecule has 6 nitrogen and oxygen atoms in total. The fraction of sp³-hybridized carbons (Fsp3) is 0.289. The Balaban J connectivity index is 1.26. The fourth-order valence-electron chi connectivity index (χ4n) is 6.89. The van der Waals surface area contributed by atoms with Gasteiger partial charge in [0.1, 0.15) is 5.82 Å². The van der Waals surface area contributed by atoms with Gasteiger partial charge in [0.2, 0.25) is 0 Å². The van der Waals surface area contributed by atoms with Crippen molar-refractivity contribution in [3.63, 3.8) is 0 Å². The summed E-state index contributed by atoms with van der Waals surface area (Å²) < 4.78 is 0. The number of nitrogens with zero attached hydrogens (tertiary/aromatic N) is 4. The molecular weight excluding hydrogens is 542 g/mol. The maximum atomic E-state index is 14.4. The van der Waals surface area contributed by atoms with Crippen LogP contribution in [0.4, 0.5) is 5.82 Å². The number of fused-ring (bicyclic) bond motifs is 2. The molecule has 1 N–H and O–H groups in total. The number of pyridine rings is 1. The van der Waals surface area contributed by atoms with Gasteiger partial charge in [0.05, 0.1) is 22.7 Å². The highest BCUT2D eigenvalue weighted by atomic mass is 16.2. The van der Waals surface area contributed by atoms with Crippen LogP contribution in [0.15, 0.2) is 91.0 Å². The van der Waals surface area contributed by atoms with Crippen LogP contribution >= 0.6 is 0 Å². The number of carbonyl (C=O) groups excluding carboxylic acids is 1. The summed E-state index contributed by atoms with van der Waals surface area (Å²) in [6.45, 7) is 6.14. The van der Waals surface area contributed by atoms with E-state index in [1.54, 1.807) is 0 Å². The number of amides is 1. The second-order valence-corrected chi connectivity index (χ2v) is 12.3. The van der Waals surface area contributed by atoms with E-state index in [9.17, 15) is 10.1 Å². The monoisotopic (exact) mass is 579 g/mol. The largest absolute Gasteiger partial charge is 0.364 e. The van der Waals surface area contributed by atoms with Gasteiger partial charge in [-0.1, -0.05) is 54.6 Å². The van der Waals surface area contributed by atoms with Gasteiger partial charge < -0.3 is 15.1 Å². The number of aromatic nitrogens is 1. The second kappa shape index (κ2) is 12.1. The highest BCUT2D eigenvalue weighted by Crippen LogP contribution is 2.32. The number of nitrogens with one attached hydrogen (secondary N) is 1. The molecule has 1 aromatic heterocycles. The normalized spacial score (nSPS) is 17.6. The standard InChI is InChI=1S/C38H37N5O/c1-26(30-15-14-28-7-2-3-8-31(28)21-30)40-37-23-35(38(44)43-20-6-9-33(43)25-42-18-4-5-19-42)34-22-32(16-17-36(34)41-37)29-12-10-27(24-39)11-13-29/h2-3,7-8,10-17,21-23,26,33H,4-6,9,18-20,25H2,1H3,(H,40,41)/t26-,33+/m1/s1. The van der Waals surface area contributed by atoms with E-state index in [4.69, 9.17) is 4.98 Å². The number of anilines is 1. The minimum atomic E-state index is 0.000122. The summed E-state index contributed by atoms with van der Waals surface area (Å²) in [4.78, 5) is 24.1. The number of benzene rings is 4. The Bertz CT molecular complexity index is 1870. The minimum absolute atomic E-state index is 0.000122. The van der Waals surface area contributed by atoms with E-state index in [1.165, 1.54) is 29.2 Å². The zero-order valence-corrected chi connectivity index (χ0v) is 25.2. The molecule has 2 aliphatic rings. The first-order valence-electron chi connectivity index (χ1n) is 15.8. The number of rotatable bonds is 7. The van der Waals surface area contributed by atoms with Gasteiger partial charge in [-0.3, -0.25) is 4.79 Å². The molecule has 1 amide bonds. The van der Waals surface area contributed by atoms with E-state index in [-0.39, 0.29) is 18.0 Å². The quantitative estimate of drug-likeness (QED) is 0.213. The molecule has 7 rings (SSSR count). The number of likely N-dealkylation sites (tertiary alicyclic amines) is 2. The van der Waals surface area contributed by atoms with Crippen LogP contribution in [0.1, 0.15) is 60.1 Å². The third-order valence-electron chi connectivity index (χ3n) is 9.33. The molecular formula is C38H37N5O. The van der Waals surface area contributed by atoms with Gasteiger partial charge in [0.15, 0.2) is 0 Å². The van der Waals surface area contributed by atoms with Crippen molar-refractivity contribution < 1.29 is 4.79 Å². The van der Waals surface area contributed by atoms with Crippen molar-refractivity contribution in [3.8, 4) is 17.2 Å². The molecule has 0 aliphatic carbocycles. The van der Waals surface area contributed by atoms with Gasteiger partial charge in [-0.25, -0.2) is 4.98 Å². The summed E-state index contributed by atoms with van der Waals surface area (Å²) in [7, 11) is 0. The van der Waals surface area contributed by atoms with Crippen LogP contribution in [0.3, 0.4) is 0 Å². The van der Waals surface area contributed by atoms with E-state index >= 15 is 0 Å². The molecule has 44 heavy (non-hydrogen) atoms. The van der Waals surface area contributed by atoms with Crippen LogP contribution in [-0.2, 0) is 0 Å². The van der Waals surface area contributed by atoms with Crippen LogP contribution in [0.5, 0.6) is 0 Å². The molecule has 2 fully saturated rings. The van der Waals surface area contributed by atoms with E-state index in [0.717, 1.165) is 61.1 Å². The molecule has 4 aromatic carbocycles. The Morgan fingerprint density at radius 3 is 2.48 bits per heavy atom. The Morgan fingerprint density at radius 2 is 1.68 bits per heavy atom. The first kappa shape index (κ1) is 28.1. The van der Waals surface area contributed by atoms with Crippen molar-refractivity contribution in [2.24, 2.45) is 0 Å². The zero-order chi connectivity index (χ0) is 30.0. The zero-order valence-electron chi connectivity index (χ0n) is 25.2. The van der Waals surface area contributed by atoms with Gasteiger partial charge in [-0.15, -0.1) is 0 Å². The van der Waals surface area contributed by atoms with E-state index in [1.807, 2.05) is 42.5 Å². The molecule has 0 radical (unpaired) electrons. The van der Waals surface area contributed by atoms with Crippen molar-refractivity contribution >= 4 is 33.4 Å². The van der Waals surface area contributed by atoms with Crippen molar-refractivity contribution in [2.75, 3.05) is 31.5 Å². The summed E-state index contributed by atoms with van der Waals surface area (Å²) in [6.07, 6.45) is 4.58. The fourth-order valence-corrected chi connectivity index (χ4v) is 6.89. The Morgan fingerprint density at radius 1 is 0.909 bits per heavy atom. The van der Waals surface area contributed by atoms with Crippen molar-refractivity contribution in [2.45, 2.75) is 44.7 Å². The maximum Gasteiger partial charge on any atom is 0.254 e. The molecule has 220 valence electrons. The molecule has 0 saturated carbocycles. The third kappa shape index (κ3) is 5.64. The summed E-state index contributed by atoms with van der Waals surface area (Å²) in [5.41, 5.74) is 5.27. The molecule has 0 spiro atoms. The summed E-state index contributed by atoms with van der Waals surface area (Å²) in [5.74, 6) is 0.778. The van der Waals surface area contributed by atoms with Gasteiger partial charge in [0.25, 0.3) is 5.91 Å². The lowest BCUT2D eigenvalue weighted by Gasteiger charge is -2.29. The van der Waals surface area contributed by atoms with Crippen LogP contribution in [-0.4, -0.2) is 52.9 Å². The number of nitriles is 1. The average molecular weight is 580 g/mol. The minimum Gasteiger partial charge on any atom is -0.364 e. The molecule has 2 saturated heterocycles. The Labute approximate surface area is 258 Å². The molecule has 3 heterocycles. The van der Waals surface area contributed by atoms with Crippen LogP contribution in [0, 0.1) is 11.3 Å². The first-order valence-corrected chi connectivity index (χ1v) is 15.8. The third-order valence-corrected chi connectivity index (χ3v) is 9.33. The molecule has 2 atom stereocenters. The lowest BCUT2D eigenvalue weighted by Crippen LogP contribution is -2.42. The summed E-state index contributed by atoms with van der Waals surface area (Å²) in [5, 5.41) is 16.1. The van der Waals surface area contributed by atoms with Crippen molar-refractivity contribution in [1.82, 2.24) is 14.8 Å². The summed E-state index contributed by atoms with van der Waals surface area (Å²) in [6, 6.07) is 33.0. The van der Waals surface area contributed by atoms with Crippen molar-refractivity contribution in [1.29, 1.82) is 5.26 Å². The van der Waals surface area contributed by atoms with E-state index in [0.29, 0.717) is 16.9 Å². The molecule has 0 unspecified atom stereocenters. The molecule has 0 bridgehead atoms. The van der Waals surface area contributed by atoms with Crippen LogP contribution in [0.2, 0.25) is 0 Å². The first-order chi connectivity index (χ1) is 21.6. The predicted molar refractivity (Wildman–Crippen MR) is 178 cm³/mol. The highest BCUT2D eigenvalue weighted by Gasteiger charge is 2.32. The van der Waals surface area contributed by atoms with Crippen LogP contribution < -0.4 is 5.32 Å². The Hall–Kier alpha value is -4.73. The molecule has 2 aliphatic heterocycles. The van der Waals surface area contributed by atoms with Gasteiger partial charge in [-0.05, 0) is 110 Å². The number of hydrogen-bond acceptors (Lipinski definition) is 5. The molecule has 5 aromatic rings. The number of hydrogen-bond donors (Lipinski definition) is 1. The van der Waals surface area contributed by atoms with Crippen LogP contribution in [0.25, 0.3) is 32.8 Å². The number of carbonyl (C=O) groups is 1. The maximum absolute atomic E-state index is 14.4. The molecule has 6 heteroatoms. The van der Waals surface area contributed by atoms with Gasteiger partial charge in [0, 0.05) is 30.6 Å². The topological polar surface area (TPSA) is 72.3 Å². The SMILES string of the molecule is C[C@@H](Nc1cc(C(=O)N2CCC[C@H]2CN2CCCC2)c2cc(-c3ccc(C#N)cc3)ccc2n1)c1ccc2ccccc2c1. The highest BCUT2D eigenvalue weighted by molar-refractivity contribution is 6.08. The smallest absolute Gasteiger partial charge is 0.254 e. The van der Waals surface area contributed by atoms with E-state index in [2.05, 4.69) is 76.6 Å². The van der Waals surface area contributed by atoms with Gasteiger partial charge in [-0.2, -0.15) is 5.26 Å². The van der Waals surface area contributed by atoms with Crippen molar-refractivity contribution in [3.05, 3.63) is 108 Å². The predicted octanol–water partition coefficient (Wildman–Crippen LogP) is 7.80.